The van der Waals surface area contributed by atoms with E-state index in [9.17, 15) is 8.42 Å². The first-order valence-corrected chi connectivity index (χ1v) is 10.3. The van der Waals surface area contributed by atoms with E-state index < -0.39 is 9.84 Å². The lowest BCUT2D eigenvalue weighted by molar-refractivity contribution is 0.206. The van der Waals surface area contributed by atoms with Crippen molar-refractivity contribution in [1.82, 2.24) is 19.7 Å². The standard InChI is InChI=1S/C17H25N5O2S/c1-4-22-12-15(10-19-22)16-13-25(23,24)8-7-21(16)11-14-5-6-17(18-9-14)20(2)3/h5-6,9-10,12,16H,4,7-8,11,13H2,1-3H3. The van der Waals surface area contributed by atoms with Crippen molar-refractivity contribution in [3.63, 3.8) is 0 Å². The van der Waals surface area contributed by atoms with Crippen LogP contribution in [0.15, 0.2) is 30.7 Å². The molecule has 7 nitrogen and oxygen atoms in total. The molecule has 1 atom stereocenters. The van der Waals surface area contributed by atoms with Crippen molar-refractivity contribution in [2.75, 3.05) is 37.0 Å². The van der Waals surface area contributed by atoms with E-state index in [1.807, 2.05) is 49.1 Å². The summed E-state index contributed by atoms with van der Waals surface area (Å²) < 4.78 is 26.1. The van der Waals surface area contributed by atoms with Gasteiger partial charge in [-0.1, -0.05) is 6.07 Å². The van der Waals surface area contributed by atoms with Crippen LogP contribution in [0.2, 0.25) is 0 Å². The van der Waals surface area contributed by atoms with Crippen LogP contribution in [0.4, 0.5) is 5.82 Å². The molecule has 0 amide bonds. The Balaban J connectivity index is 1.81. The minimum atomic E-state index is -3.02. The van der Waals surface area contributed by atoms with Gasteiger partial charge in [-0.05, 0) is 18.6 Å². The smallest absolute Gasteiger partial charge is 0.153 e. The molecule has 0 bridgehead atoms. The highest BCUT2D eigenvalue weighted by molar-refractivity contribution is 7.91. The molecular formula is C17H25N5O2S. The molecule has 1 aliphatic heterocycles. The molecule has 2 aromatic heterocycles. The third-order valence-electron chi connectivity index (χ3n) is 4.56. The normalized spacial score (nSPS) is 20.5. The average molecular weight is 363 g/mol. The van der Waals surface area contributed by atoms with Crippen molar-refractivity contribution < 1.29 is 8.42 Å². The van der Waals surface area contributed by atoms with Crippen molar-refractivity contribution >= 4 is 15.7 Å². The summed E-state index contributed by atoms with van der Waals surface area (Å²) in [6, 6.07) is 3.88. The summed E-state index contributed by atoms with van der Waals surface area (Å²) in [5, 5.41) is 4.31. The van der Waals surface area contributed by atoms with Gasteiger partial charge in [-0.25, -0.2) is 13.4 Å². The highest BCUT2D eigenvalue weighted by Crippen LogP contribution is 2.28. The van der Waals surface area contributed by atoms with Crippen molar-refractivity contribution in [3.8, 4) is 0 Å². The van der Waals surface area contributed by atoms with Gasteiger partial charge in [-0.2, -0.15) is 5.10 Å². The van der Waals surface area contributed by atoms with Gasteiger partial charge in [0.2, 0.25) is 0 Å². The number of anilines is 1. The lowest BCUT2D eigenvalue weighted by Gasteiger charge is -2.35. The van der Waals surface area contributed by atoms with Gasteiger partial charge in [0, 0.05) is 51.7 Å². The predicted molar refractivity (Wildman–Crippen MR) is 98.3 cm³/mol. The van der Waals surface area contributed by atoms with Gasteiger partial charge < -0.3 is 4.90 Å². The molecule has 0 aromatic carbocycles. The molecule has 3 heterocycles. The minimum Gasteiger partial charge on any atom is -0.363 e. The number of rotatable bonds is 5. The zero-order valence-corrected chi connectivity index (χ0v) is 15.8. The van der Waals surface area contributed by atoms with Gasteiger partial charge >= 0.3 is 0 Å². The second-order valence-corrected chi connectivity index (χ2v) is 8.88. The Morgan fingerprint density at radius 2 is 2.08 bits per heavy atom. The maximum absolute atomic E-state index is 12.2. The molecule has 1 fully saturated rings. The summed E-state index contributed by atoms with van der Waals surface area (Å²) in [6.45, 7) is 4.00. The highest BCUT2D eigenvalue weighted by Gasteiger charge is 2.33. The van der Waals surface area contributed by atoms with E-state index in [4.69, 9.17) is 0 Å². The molecular weight excluding hydrogens is 338 g/mol. The molecule has 2 aromatic rings. The van der Waals surface area contributed by atoms with E-state index in [2.05, 4.69) is 21.0 Å². The minimum absolute atomic E-state index is 0.144. The molecule has 1 saturated heterocycles. The quantitative estimate of drug-likeness (QED) is 0.798. The molecule has 0 spiro atoms. The van der Waals surface area contributed by atoms with E-state index in [1.165, 1.54) is 0 Å². The topological polar surface area (TPSA) is 71.3 Å². The van der Waals surface area contributed by atoms with Crippen molar-refractivity contribution in [3.05, 3.63) is 41.9 Å². The summed E-state index contributed by atoms with van der Waals surface area (Å²) in [4.78, 5) is 8.62. The van der Waals surface area contributed by atoms with Crippen molar-refractivity contribution in [2.45, 2.75) is 26.1 Å². The first-order valence-electron chi connectivity index (χ1n) is 8.47. The summed E-state index contributed by atoms with van der Waals surface area (Å²) >= 11 is 0. The first-order chi connectivity index (χ1) is 11.9. The molecule has 1 aliphatic rings. The van der Waals surface area contributed by atoms with Crippen molar-refractivity contribution in [1.29, 1.82) is 0 Å². The Morgan fingerprint density at radius 3 is 2.68 bits per heavy atom. The van der Waals surface area contributed by atoms with Crippen LogP contribution in [-0.4, -0.2) is 60.2 Å². The number of aromatic nitrogens is 3. The number of pyridine rings is 1. The molecule has 25 heavy (non-hydrogen) atoms. The molecule has 0 N–H and O–H groups in total. The van der Waals surface area contributed by atoms with Crippen LogP contribution in [-0.2, 0) is 22.9 Å². The van der Waals surface area contributed by atoms with Crippen LogP contribution >= 0.6 is 0 Å². The van der Waals surface area contributed by atoms with Gasteiger partial charge in [0.1, 0.15) is 5.82 Å². The third-order valence-corrected chi connectivity index (χ3v) is 6.19. The molecule has 0 radical (unpaired) electrons. The number of hydrogen-bond acceptors (Lipinski definition) is 6. The fourth-order valence-electron chi connectivity index (χ4n) is 3.07. The van der Waals surface area contributed by atoms with Gasteiger partial charge in [0.05, 0.1) is 23.7 Å². The average Bonchev–Trinajstić information content (AvgIpc) is 3.06. The predicted octanol–water partition coefficient (Wildman–Crippen LogP) is 1.34. The van der Waals surface area contributed by atoms with Gasteiger partial charge in [0.25, 0.3) is 0 Å². The molecule has 3 rings (SSSR count). The summed E-state index contributed by atoms with van der Waals surface area (Å²) in [6.07, 6.45) is 5.60. The number of nitrogens with zero attached hydrogens (tertiary/aromatic N) is 5. The van der Waals surface area contributed by atoms with E-state index in [1.54, 1.807) is 6.20 Å². The summed E-state index contributed by atoms with van der Waals surface area (Å²) in [5.41, 5.74) is 2.04. The Morgan fingerprint density at radius 1 is 1.28 bits per heavy atom. The monoisotopic (exact) mass is 363 g/mol. The molecule has 8 heteroatoms. The molecule has 136 valence electrons. The van der Waals surface area contributed by atoms with E-state index in [0.717, 1.165) is 23.5 Å². The maximum atomic E-state index is 12.2. The number of sulfone groups is 1. The fraction of sp³-hybridized carbons (Fsp3) is 0.529. The molecule has 0 aliphatic carbocycles. The van der Waals surface area contributed by atoms with Crippen LogP contribution in [0.5, 0.6) is 0 Å². The lowest BCUT2D eigenvalue weighted by atomic mass is 10.1. The van der Waals surface area contributed by atoms with Crippen LogP contribution < -0.4 is 4.90 Å². The highest BCUT2D eigenvalue weighted by atomic mass is 32.2. The largest absolute Gasteiger partial charge is 0.363 e. The van der Waals surface area contributed by atoms with Crippen molar-refractivity contribution in [2.24, 2.45) is 0 Å². The third kappa shape index (κ3) is 4.19. The van der Waals surface area contributed by atoms with E-state index in [-0.39, 0.29) is 17.5 Å². The second-order valence-electron chi connectivity index (χ2n) is 6.65. The fourth-order valence-corrected chi connectivity index (χ4v) is 4.64. The van der Waals surface area contributed by atoms with Crippen LogP contribution in [0, 0.1) is 0 Å². The van der Waals surface area contributed by atoms with Gasteiger partial charge in [0.15, 0.2) is 9.84 Å². The zero-order chi connectivity index (χ0) is 18.0. The SMILES string of the molecule is CCn1cc(C2CS(=O)(=O)CCN2Cc2ccc(N(C)C)nc2)cn1. The summed E-state index contributed by atoms with van der Waals surface area (Å²) in [5.74, 6) is 1.26. The van der Waals surface area contributed by atoms with E-state index in [0.29, 0.717) is 13.1 Å². The summed E-state index contributed by atoms with van der Waals surface area (Å²) in [7, 11) is 0.893. The van der Waals surface area contributed by atoms with Gasteiger partial charge in [-0.3, -0.25) is 9.58 Å². The second kappa shape index (κ2) is 7.13. The molecule has 1 unspecified atom stereocenters. The Kier molecular flexibility index (Phi) is 5.10. The number of aryl methyl sites for hydroxylation is 1. The first kappa shape index (κ1) is 17.9. The molecule has 0 saturated carbocycles. The van der Waals surface area contributed by atoms with Crippen LogP contribution in [0.1, 0.15) is 24.1 Å². The Hall–Kier alpha value is -1.93. The zero-order valence-electron chi connectivity index (χ0n) is 15.0. The Bertz CT molecular complexity index is 814. The van der Waals surface area contributed by atoms with Gasteiger partial charge in [-0.15, -0.1) is 0 Å². The Labute approximate surface area is 149 Å². The number of hydrogen-bond donors (Lipinski definition) is 0. The maximum Gasteiger partial charge on any atom is 0.153 e. The lowest BCUT2D eigenvalue weighted by Crippen LogP contribution is -2.42. The van der Waals surface area contributed by atoms with Crippen LogP contribution in [0.25, 0.3) is 0 Å². The van der Waals surface area contributed by atoms with Crippen LogP contribution in [0.3, 0.4) is 0 Å². The van der Waals surface area contributed by atoms with E-state index >= 15 is 0 Å².